The molecule has 0 saturated carbocycles. The van der Waals surface area contributed by atoms with Gasteiger partial charge in [0.05, 0.1) is 20.6 Å². The molecule has 1 aliphatic rings. The average Bonchev–Trinajstić information content (AvgIpc) is 3.11. The van der Waals surface area contributed by atoms with Crippen LogP contribution in [0.2, 0.25) is 10.0 Å². The van der Waals surface area contributed by atoms with Crippen LogP contribution in [0, 0.1) is 0 Å². The normalized spacial score (nSPS) is 15.3. The van der Waals surface area contributed by atoms with Crippen LogP contribution in [0.1, 0.15) is 45.6 Å². The van der Waals surface area contributed by atoms with Gasteiger partial charge >= 0.3 is 0 Å². The number of carbonyl (C=O) groups is 2. The van der Waals surface area contributed by atoms with Crippen LogP contribution in [0.5, 0.6) is 0 Å². The molecule has 10 heteroatoms. The fraction of sp³-hybridized carbons (Fsp3) is 0.357. The first-order valence-corrected chi connectivity index (χ1v) is 14.8. The molecule has 0 unspecified atom stereocenters. The van der Waals surface area contributed by atoms with Crippen molar-refractivity contribution in [2.24, 2.45) is 0 Å². The van der Waals surface area contributed by atoms with E-state index in [1.807, 2.05) is 32.0 Å². The van der Waals surface area contributed by atoms with Crippen molar-refractivity contribution in [2.45, 2.75) is 63.6 Å². The van der Waals surface area contributed by atoms with Crippen molar-refractivity contribution in [2.75, 3.05) is 10.8 Å². The maximum Gasteiger partial charge on any atom is 0.265 e. The van der Waals surface area contributed by atoms with Crippen molar-refractivity contribution >= 4 is 61.5 Å². The first-order valence-electron chi connectivity index (χ1n) is 12.6. The van der Waals surface area contributed by atoms with Gasteiger partial charge in [-0.3, -0.25) is 13.9 Å². The zero-order valence-corrected chi connectivity index (χ0v) is 23.9. The summed E-state index contributed by atoms with van der Waals surface area (Å²) in [7, 11) is -3.70. The van der Waals surface area contributed by atoms with Crippen LogP contribution in [0.3, 0.4) is 0 Å². The van der Waals surface area contributed by atoms with Gasteiger partial charge in [-0.15, -0.1) is 0 Å². The van der Waals surface area contributed by atoms with Crippen LogP contribution < -0.4 is 9.62 Å². The van der Waals surface area contributed by atoms with Gasteiger partial charge in [0.25, 0.3) is 10.0 Å². The molecule has 0 spiro atoms. The summed E-state index contributed by atoms with van der Waals surface area (Å²) in [5.74, 6) is -0.507. The maximum absolute atomic E-state index is 13.5. The van der Waals surface area contributed by atoms with E-state index in [-0.39, 0.29) is 42.3 Å². The molecule has 3 aromatic carbocycles. The smallest absolute Gasteiger partial charge is 0.265 e. The number of anilines is 1. The summed E-state index contributed by atoms with van der Waals surface area (Å²) in [5, 5.41) is 5.26. The number of carbonyl (C=O) groups excluding carboxylic acids is 2. The minimum Gasteiger partial charge on any atom is -0.352 e. The van der Waals surface area contributed by atoms with Gasteiger partial charge in [0.2, 0.25) is 11.8 Å². The second kappa shape index (κ2) is 11.5. The van der Waals surface area contributed by atoms with E-state index < -0.39 is 16.1 Å². The van der Waals surface area contributed by atoms with E-state index in [0.29, 0.717) is 27.5 Å². The van der Waals surface area contributed by atoms with Gasteiger partial charge < -0.3 is 10.2 Å². The van der Waals surface area contributed by atoms with Crippen molar-refractivity contribution in [1.29, 1.82) is 0 Å². The maximum atomic E-state index is 13.5. The lowest BCUT2D eigenvalue weighted by Gasteiger charge is -2.30. The first-order chi connectivity index (χ1) is 18.0. The Morgan fingerprint density at radius 2 is 1.74 bits per heavy atom. The lowest BCUT2D eigenvalue weighted by Crippen LogP contribution is -2.49. The largest absolute Gasteiger partial charge is 0.352 e. The molecule has 0 aliphatic carbocycles. The number of benzene rings is 3. The lowest BCUT2D eigenvalue weighted by molar-refractivity contribution is -0.140. The Bertz CT molecular complexity index is 1470. The fourth-order valence-corrected chi connectivity index (χ4v) is 6.67. The molecule has 1 heterocycles. The topological polar surface area (TPSA) is 86.8 Å². The van der Waals surface area contributed by atoms with Crippen molar-refractivity contribution in [3.63, 3.8) is 0 Å². The Kier molecular flexibility index (Phi) is 8.55. The molecule has 0 fully saturated rings. The zero-order chi connectivity index (χ0) is 27.6. The van der Waals surface area contributed by atoms with Crippen LogP contribution in [0.15, 0.2) is 59.5 Å². The third-order valence-electron chi connectivity index (χ3n) is 6.94. The van der Waals surface area contributed by atoms with Crippen molar-refractivity contribution in [1.82, 2.24) is 10.2 Å². The van der Waals surface area contributed by atoms with Crippen LogP contribution in [0.4, 0.5) is 5.69 Å². The van der Waals surface area contributed by atoms with E-state index in [9.17, 15) is 18.0 Å². The molecule has 7 nitrogen and oxygen atoms in total. The number of nitrogens with one attached hydrogen (secondary N) is 1. The molecule has 1 N–H and O–H groups in total. The van der Waals surface area contributed by atoms with Gasteiger partial charge in [0.15, 0.2) is 0 Å². The summed E-state index contributed by atoms with van der Waals surface area (Å²) in [4.78, 5) is 28.2. The Hall–Kier alpha value is -2.81. The van der Waals surface area contributed by atoms with E-state index in [2.05, 4.69) is 5.32 Å². The number of amides is 2. The number of nitrogens with zero attached hydrogens (tertiary/aromatic N) is 2. The quantitative estimate of drug-likeness (QED) is 0.332. The first kappa shape index (κ1) is 28.2. The molecular formula is C28H31Cl2N3O4S. The zero-order valence-electron chi connectivity index (χ0n) is 21.6. The Labute approximate surface area is 233 Å². The van der Waals surface area contributed by atoms with E-state index in [0.717, 1.165) is 17.4 Å². The van der Waals surface area contributed by atoms with Crippen molar-refractivity contribution < 1.29 is 18.0 Å². The second-order valence-corrected chi connectivity index (χ2v) is 12.2. The highest BCUT2D eigenvalue weighted by atomic mass is 35.5. The summed E-state index contributed by atoms with van der Waals surface area (Å²) in [5.41, 5.74) is 1.36. The molecule has 38 heavy (non-hydrogen) atoms. The van der Waals surface area contributed by atoms with Gasteiger partial charge in [0.1, 0.15) is 6.04 Å². The Morgan fingerprint density at radius 1 is 1.03 bits per heavy atom. The van der Waals surface area contributed by atoms with Crippen molar-refractivity contribution in [3.8, 4) is 0 Å². The minimum absolute atomic E-state index is 0.0309. The standard InChI is InChI=1S/C28H31Cl2N3O4S/c1-4-18(2)31-28(35)19(3)32(17-20-13-14-22(29)23(30)16-20)26(34)12-7-15-33-24-10-5-8-21-9-6-11-25(27(21)24)38(33,36)37/h5-6,8-11,13-14,16,18-19H,4,7,12,15,17H2,1-3H3,(H,31,35)/t18-,19-/m0/s1. The molecule has 0 saturated heterocycles. The highest BCUT2D eigenvalue weighted by Gasteiger charge is 2.35. The van der Waals surface area contributed by atoms with E-state index in [1.54, 1.807) is 43.3 Å². The predicted molar refractivity (Wildman–Crippen MR) is 152 cm³/mol. The SMILES string of the molecule is CC[C@H](C)NC(=O)[C@H](C)N(Cc1ccc(Cl)c(Cl)c1)C(=O)CCCN1c2cccc3cccc(c23)S1(=O)=O. The molecule has 0 radical (unpaired) electrons. The molecule has 202 valence electrons. The molecule has 3 aromatic rings. The summed E-state index contributed by atoms with van der Waals surface area (Å²) in [6.45, 7) is 5.88. The van der Waals surface area contributed by atoms with Gasteiger partial charge in [-0.05, 0) is 61.9 Å². The number of halogens is 2. The van der Waals surface area contributed by atoms with Crippen molar-refractivity contribution in [3.05, 3.63) is 70.2 Å². The third-order valence-corrected chi connectivity index (χ3v) is 9.53. The summed E-state index contributed by atoms with van der Waals surface area (Å²) in [6.07, 6.45) is 1.12. The summed E-state index contributed by atoms with van der Waals surface area (Å²) >= 11 is 12.2. The van der Waals surface area contributed by atoms with Gasteiger partial charge in [-0.2, -0.15) is 0 Å². The molecular weight excluding hydrogens is 545 g/mol. The monoisotopic (exact) mass is 575 g/mol. The van der Waals surface area contributed by atoms with Crippen LogP contribution in [-0.4, -0.2) is 43.8 Å². The summed E-state index contributed by atoms with van der Waals surface area (Å²) < 4.78 is 27.9. The van der Waals surface area contributed by atoms with Gasteiger partial charge in [-0.25, -0.2) is 8.42 Å². The van der Waals surface area contributed by atoms with E-state index in [1.165, 1.54) is 9.21 Å². The fourth-order valence-electron chi connectivity index (χ4n) is 4.60. The summed E-state index contributed by atoms with van der Waals surface area (Å²) in [6, 6.07) is 15.1. The molecule has 2 amide bonds. The molecule has 0 aromatic heterocycles. The molecule has 0 bridgehead atoms. The minimum atomic E-state index is -3.70. The average molecular weight is 577 g/mol. The Morgan fingerprint density at radius 3 is 2.42 bits per heavy atom. The number of hydrogen-bond donors (Lipinski definition) is 1. The number of sulfonamides is 1. The van der Waals surface area contributed by atoms with Crippen LogP contribution in [0.25, 0.3) is 10.8 Å². The predicted octanol–water partition coefficient (Wildman–Crippen LogP) is 5.77. The number of rotatable bonds is 10. The Balaban J connectivity index is 1.51. The van der Waals surface area contributed by atoms with Crippen LogP contribution in [-0.2, 0) is 26.2 Å². The third kappa shape index (κ3) is 5.63. The molecule has 2 atom stereocenters. The second-order valence-electron chi connectivity index (χ2n) is 9.58. The van der Waals surface area contributed by atoms with E-state index >= 15 is 0 Å². The highest BCUT2D eigenvalue weighted by molar-refractivity contribution is 7.93. The van der Waals surface area contributed by atoms with Gasteiger partial charge in [-0.1, -0.05) is 60.5 Å². The molecule has 4 rings (SSSR count). The molecule has 1 aliphatic heterocycles. The highest BCUT2D eigenvalue weighted by Crippen LogP contribution is 2.42. The lowest BCUT2D eigenvalue weighted by atomic mass is 10.1. The van der Waals surface area contributed by atoms with Crippen LogP contribution >= 0.6 is 23.2 Å². The van der Waals surface area contributed by atoms with E-state index in [4.69, 9.17) is 23.2 Å². The number of hydrogen-bond acceptors (Lipinski definition) is 4. The van der Waals surface area contributed by atoms with Gasteiger partial charge in [0, 0.05) is 30.9 Å².